The predicted molar refractivity (Wildman–Crippen MR) is 81.0 cm³/mol. The lowest BCUT2D eigenvalue weighted by Gasteiger charge is -2.26. The minimum Gasteiger partial charge on any atom is -0.480 e. The van der Waals surface area contributed by atoms with Crippen molar-refractivity contribution in [2.45, 2.75) is 32.7 Å². The number of carbonyl (C=O) groups is 2. The fourth-order valence-electron chi connectivity index (χ4n) is 2.53. The van der Waals surface area contributed by atoms with Gasteiger partial charge in [0.2, 0.25) is 5.91 Å². The molecule has 20 heavy (non-hydrogen) atoms. The molecule has 0 saturated carbocycles. The van der Waals surface area contributed by atoms with Crippen LogP contribution in [0.4, 0.5) is 0 Å². The molecule has 0 bridgehead atoms. The smallest absolute Gasteiger partial charge is 0.320 e. The van der Waals surface area contributed by atoms with Crippen LogP contribution in [-0.2, 0) is 9.59 Å². The van der Waals surface area contributed by atoms with Crippen molar-refractivity contribution in [3.8, 4) is 0 Å². The fraction of sp³-hybridized carbons (Fsp3) is 0.714. The van der Waals surface area contributed by atoms with E-state index in [1.165, 1.54) is 6.92 Å². The third kappa shape index (κ3) is 5.51. The maximum Gasteiger partial charge on any atom is 0.320 e. The van der Waals surface area contributed by atoms with Crippen LogP contribution in [0.2, 0.25) is 0 Å². The van der Waals surface area contributed by atoms with Crippen molar-refractivity contribution in [2.24, 2.45) is 11.8 Å². The molecule has 0 aromatic carbocycles. The van der Waals surface area contributed by atoms with Crippen LogP contribution in [0.5, 0.6) is 0 Å². The van der Waals surface area contributed by atoms with E-state index < -0.39 is 12.0 Å². The fourth-order valence-corrected chi connectivity index (χ4v) is 2.53. The minimum atomic E-state index is -0.765. The van der Waals surface area contributed by atoms with Gasteiger partial charge in [0, 0.05) is 26.6 Å². The van der Waals surface area contributed by atoms with E-state index in [1.807, 2.05) is 11.0 Å². The molecule has 0 radical (unpaired) electrons. The van der Waals surface area contributed by atoms with Crippen molar-refractivity contribution >= 4 is 24.3 Å². The molecular formula is C14H25ClN2O3. The van der Waals surface area contributed by atoms with Gasteiger partial charge in [0.15, 0.2) is 0 Å². The summed E-state index contributed by atoms with van der Waals surface area (Å²) in [5.41, 5.74) is 0. The monoisotopic (exact) mass is 304 g/mol. The zero-order valence-corrected chi connectivity index (χ0v) is 13.0. The number of nitrogens with one attached hydrogen (secondary N) is 1. The summed E-state index contributed by atoms with van der Waals surface area (Å²) in [7, 11) is 0. The van der Waals surface area contributed by atoms with Crippen LogP contribution in [0.15, 0.2) is 12.7 Å². The van der Waals surface area contributed by atoms with Gasteiger partial charge in [-0.3, -0.25) is 14.5 Å². The Morgan fingerprint density at radius 1 is 1.55 bits per heavy atom. The average Bonchev–Trinajstić information content (AvgIpc) is 2.77. The van der Waals surface area contributed by atoms with E-state index in [2.05, 4.69) is 18.8 Å². The lowest BCUT2D eigenvalue weighted by molar-refractivity contribution is -0.142. The summed E-state index contributed by atoms with van der Waals surface area (Å²) in [4.78, 5) is 24.2. The zero-order valence-electron chi connectivity index (χ0n) is 12.2. The molecular weight excluding hydrogens is 280 g/mol. The molecule has 5 nitrogen and oxygen atoms in total. The molecule has 0 aromatic heterocycles. The van der Waals surface area contributed by atoms with Crippen LogP contribution >= 0.6 is 12.4 Å². The Bertz CT molecular complexity index is 349. The van der Waals surface area contributed by atoms with Gasteiger partial charge in [0.25, 0.3) is 0 Å². The van der Waals surface area contributed by atoms with Crippen LogP contribution in [-0.4, -0.2) is 47.6 Å². The number of aliphatic carboxylic acids is 1. The van der Waals surface area contributed by atoms with Gasteiger partial charge < -0.3 is 10.4 Å². The van der Waals surface area contributed by atoms with Crippen LogP contribution in [0.1, 0.15) is 26.7 Å². The highest BCUT2D eigenvalue weighted by molar-refractivity contribution is 5.85. The second-order valence-electron chi connectivity index (χ2n) is 5.25. The highest BCUT2D eigenvalue weighted by atomic mass is 35.5. The standard InChI is InChI=1S/C14H24N2O3.ClH/c1-4-11-6-13(14(18)19)16(8-11)9-12(5-2)7-15-10(3)17;/h4,11-13H,1,5-9H2,2-3H3,(H,15,17)(H,18,19);1H/t11-,12?,13-;/m1./s1. The molecule has 1 amide bonds. The van der Waals surface area contributed by atoms with Gasteiger partial charge in [-0.1, -0.05) is 19.4 Å². The Labute approximate surface area is 126 Å². The summed E-state index contributed by atoms with van der Waals surface area (Å²) >= 11 is 0. The van der Waals surface area contributed by atoms with Crippen molar-refractivity contribution in [2.75, 3.05) is 19.6 Å². The van der Waals surface area contributed by atoms with Gasteiger partial charge >= 0.3 is 5.97 Å². The first-order valence-corrected chi connectivity index (χ1v) is 6.81. The number of carboxylic acid groups (broad SMARTS) is 1. The largest absolute Gasteiger partial charge is 0.480 e. The number of carboxylic acids is 1. The Kier molecular flexibility index (Phi) is 8.49. The molecule has 0 spiro atoms. The molecule has 3 atom stereocenters. The second kappa shape index (κ2) is 8.97. The lowest BCUT2D eigenvalue weighted by Crippen LogP contribution is -2.41. The van der Waals surface area contributed by atoms with Crippen molar-refractivity contribution in [3.05, 3.63) is 12.7 Å². The van der Waals surface area contributed by atoms with Gasteiger partial charge in [-0.25, -0.2) is 0 Å². The molecule has 1 saturated heterocycles. The van der Waals surface area contributed by atoms with Gasteiger partial charge in [-0.2, -0.15) is 0 Å². The minimum absolute atomic E-state index is 0. The summed E-state index contributed by atoms with van der Waals surface area (Å²) < 4.78 is 0. The number of rotatable bonds is 7. The second-order valence-corrected chi connectivity index (χ2v) is 5.25. The van der Waals surface area contributed by atoms with E-state index >= 15 is 0 Å². The molecule has 0 aromatic rings. The van der Waals surface area contributed by atoms with Gasteiger partial charge in [0.05, 0.1) is 0 Å². The van der Waals surface area contributed by atoms with Crippen molar-refractivity contribution in [1.82, 2.24) is 10.2 Å². The molecule has 0 aliphatic carbocycles. The van der Waals surface area contributed by atoms with Crippen LogP contribution in [0.25, 0.3) is 0 Å². The molecule has 116 valence electrons. The molecule has 1 heterocycles. The first-order valence-electron chi connectivity index (χ1n) is 6.81. The number of likely N-dealkylation sites (tertiary alicyclic amines) is 1. The lowest BCUT2D eigenvalue weighted by atomic mass is 10.1. The molecule has 1 fully saturated rings. The number of amides is 1. The maximum atomic E-state index is 11.3. The summed E-state index contributed by atoms with van der Waals surface area (Å²) in [6, 6.07) is -0.422. The van der Waals surface area contributed by atoms with Crippen molar-refractivity contribution in [1.29, 1.82) is 0 Å². The molecule has 2 N–H and O–H groups in total. The Morgan fingerprint density at radius 2 is 2.20 bits per heavy atom. The molecule has 1 aliphatic heterocycles. The quantitative estimate of drug-likeness (QED) is 0.700. The Morgan fingerprint density at radius 3 is 2.65 bits per heavy atom. The van der Waals surface area contributed by atoms with Crippen molar-refractivity contribution < 1.29 is 14.7 Å². The summed E-state index contributed by atoms with van der Waals surface area (Å²) in [6.07, 6.45) is 3.39. The summed E-state index contributed by atoms with van der Waals surface area (Å²) in [5, 5.41) is 12.1. The van der Waals surface area contributed by atoms with E-state index in [0.717, 1.165) is 13.0 Å². The van der Waals surface area contributed by atoms with Crippen LogP contribution in [0.3, 0.4) is 0 Å². The molecule has 1 rings (SSSR count). The molecule has 6 heteroatoms. The first kappa shape index (κ1) is 18.9. The van der Waals surface area contributed by atoms with E-state index in [0.29, 0.717) is 19.5 Å². The predicted octanol–water partition coefficient (Wildman–Crippen LogP) is 1.53. The van der Waals surface area contributed by atoms with Crippen LogP contribution < -0.4 is 5.32 Å². The highest BCUT2D eigenvalue weighted by Crippen LogP contribution is 2.25. The number of hydrogen-bond acceptors (Lipinski definition) is 3. The summed E-state index contributed by atoms with van der Waals surface area (Å²) in [5.74, 6) is -0.272. The SMILES string of the molecule is C=C[C@@H]1C[C@H](C(=O)O)N(CC(CC)CNC(C)=O)C1.Cl. The number of nitrogens with zero attached hydrogens (tertiary/aromatic N) is 1. The van der Waals surface area contributed by atoms with E-state index in [4.69, 9.17) is 0 Å². The van der Waals surface area contributed by atoms with Crippen LogP contribution in [0, 0.1) is 11.8 Å². The maximum absolute atomic E-state index is 11.3. The van der Waals surface area contributed by atoms with Crippen molar-refractivity contribution in [3.63, 3.8) is 0 Å². The summed E-state index contributed by atoms with van der Waals surface area (Å²) in [6.45, 7) is 9.37. The van der Waals surface area contributed by atoms with E-state index in [1.54, 1.807) is 0 Å². The zero-order chi connectivity index (χ0) is 14.4. The Hall–Kier alpha value is -1.07. The van der Waals surface area contributed by atoms with Gasteiger partial charge in [0.1, 0.15) is 6.04 Å². The topological polar surface area (TPSA) is 69.6 Å². The van der Waals surface area contributed by atoms with Gasteiger partial charge in [-0.05, 0) is 18.3 Å². The molecule has 1 unspecified atom stereocenters. The normalized spacial score (nSPS) is 23.7. The third-order valence-electron chi connectivity index (χ3n) is 3.76. The average molecular weight is 305 g/mol. The number of carbonyl (C=O) groups excluding carboxylic acids is 1. The number of hydrogen-bond donors (Lipinski definition) is 2. The highest BCUT2D eigenvalue weighted by Gasteiger charge is 2.36. The van der Waals surface area contributed by atoms with E-state index in [9.17, 15) is 14.7 Å². The molecule has 1 aliphatic rings. The first-order chi connectivity index (χ1) is 8.97. The van der Waals surface area contributed by atoms with Gasteiger partial charge in [-0.15, -0.1) is 19.0 Å². The third-order valence-corrected chi connectivity index (χ3v) is 3.76. The van der Waals surface area contributed by atoms with E-state index in [-0.39, 0.29) is 30.2 Å². The Balaban J connectivity index is 0.00000361. The number of halogens is 1.